The molecule has 0 aliphatic heterocycles. The number of nitrogens with zero attached hydrogens (tertiary/aromatic N) is 1. The topological polar surface area (TPSA) is 62.1 Å². The molecule has 0 aromatic heterocycles. The monoisotopic (exact) mass is 348 g/mol. The number of amides is 1. The summed E-state index contributed by atoms with van der Waals surface area (Å²) < 4.78 is 29.2. The summed E-state index contributed by atoms with van der Waals surface area (Å²) in [6.45, 7) is -3.01. The highest BCUT2D eigenvalue weighted by Crippen LogP contribution is 2.24. The summed E-state index contributed by atoms with van der Waals surface area (Å²) in [6.07, 6.45) is 1.17. The third-order valence-electron chi connectivity index (χ3n) is 2.92. The predicted molar refractivity (Wildman–Crippen MR) is 86.7 cm³/mol. The number of nitrogens with one attached hydrogen (secondary N) is 1. The van der Waals surface area contributed by atoms with Gasteiger partial charge in [0.1, 0.15) is 17.4 Å². The van der Waals surface area contributed by atoms with Crippen molar-refractivity contribution in [2.45, 2.75) is 6.61 Å². The number of para-hydroxylation sites is 2. The molecule has 0 bridgehead atoms. The number of benzene rings is 2. The van der Waals surface area contributed by atoms with Crippen LogP contribution >= 0.6 is 11.6 Å². The first kappa shape index (κ1) is 17.4. The van der Waals surface area contributed by atoms with Gasteiger partial charge in [0.05, 0.1) is 10.7 Å². The van der Waals surface area contributed by atoms with Gasteiger partial charge in [-0.3, -0.25) is 4.79 Å². The van der Waals surface area contributed by atoms with Crippen LogP contribution in [-0.4, -0.2) is 12.5 Å². The lowest BCUT2D eigenvalue weighted by atomic mass is 10.1. The number of carbonyl (C=O) groups excluding carboxylic acids is 1. The van der Waals surface area contributed by atoms with Gasteiger partial charge in [-0.2, -0.15) is 14.0 Å². The van der Waals surface area contributed by atoms with Crippen molar-refractivity contribution in [1.29, 1.82) is 5.26 Å². The van der Waals surface area contributed by atoms with Crippen LogP contribution in [0.25, 0.3) is 6.08 Å². The molecule has 0 aliphatic carbocycles. The van der Waals surface area contributed by atoms with E-state index in [1.807, 2.05) is 0 Å². The SMILES string of the molecule is N#CC(=Cc1ccccc1OC(F)F)C(=O)Nc1ccccc1Cl. The van der Waals surface area contributed by atoms with Crippen LogP contribution in [0.4, 0.5) is 14.5 Å². The summed E-state index contributed by atoms with van der Waals surface area (Å²) in [5.41, 5.74) is 0.242. The summed E-state index contributed by atoms with van der Waals surface area (Å²) >= 11 is 5.94. The van der Waals surface area contributed by atoms with Gasteiger partial charge < -0.3 is 10.1 Å². The Balaban J connectivity index is 2.28. The molecule has 1 N–H and O–H groups in total. The van der Waals surface area contributed by atoms with E-state index < -0.39 is 12.5 Å². The van der Waals surface area contributed by atoms with Crippen molar-refractivity contribution in [1.82, 2.24) is 0 Å². The van der Waals surface area contributed by atoms with E-state index in [4.69, 9.17) is 11.6 Å². The Morgan fingerprint density at radius 1 is 1.21 bits per heavy atom. The summed E-state index contributed by atoms with van der Waals surface area (Å²) in [7, 11) is 0. The maximum Gasteiger partial charge on any atom is 0.387 e. The zero-order valence-corrected chi connectivity index (χ0v) is 12.9. The molecule has 1 amide bonds. The molecule has 0 radical (unpaired) electrons. The maximum atomic E-state index is 12.4. The van der Waals surface area contributed by atoms with E-state index in [2.05, 4.69) is 10.1 Å². The lowest BCUT2D eigenvalue weighted by Gasteiger charge is -2.09. The van der Waals surface area contributed by atoms with Gasteiger partial charge in [-0.25, -0.2) is 0 Å². The van der Waals surface area contributed by atoms with Crippen molar-refractivity contribution < 1.29 is 18.3 Å². The van der Waals surface area contributed by atoms with Crippen molar-refractivity contribution in [3.8, 4) is 11.8 Å². The first-order valence-corrected chi connectivity index (χ1v) is 7.10. The van der Waals surface area contributed by atoms with Gasteiger partial charge in [0, 0.05) is 5.56 Å². The number of hydrogen-bond donors (Lipinski definition) is 1. The molecule has 2 aromatic carbocycles. The van der Waals surface area contributed by atoms with Gasteiger partial charge in [0.25, 0.3) is 5.91 Å². The Morgan fingerprint density at radius 3 is 2.54 bits per heavy atom. The minimum atomic E-state index is -3.01. The fraction of sp³-hybridized carbons (Fsp3) is 0.0588. The van der Waals surface area contributed by atoms with Crippen molar-refractivity contribution in [2.75, 3.05) is 5.32 Å². The number of carbonyl (C=O) groups is 1. The van der Waals surface area contributed by atoms with E-state index in [1.165, 1.54) is 24.3 Å². The normalized spacial score (nSPS) is 11.0. The van der Waals surface area contributed by atoms with Gasteiger partial charge in [-0.05, 0) is 24.3 Å². The molecule has 0 spiro atoms. The lowest BCUT2D eigenvalue weighted by Crippen LogP contribution is -2.13. The minimum Gasteiger partial charge on any atom is -0.434 e. The van der Waals surface area contributed by atoms with Crippen LogP contribution in [0.5, 0.6) is 5.75 Å². The number of alkyl halides is 2. The molecule has 0 saturated carbocycles. The number of hydrogen-bond acceptors (Lipinski definition) is 3. The number of nitriles is 1. The van der Waals surface area contributed by atoms with Crippen molar-refractivity contribution in [3.05, 3.63) is 64.7 Å². The molecule has 0 aliphatic rings. The molecule has 0 atom stereocenters. The second kappa shape index (κ2) is 8.09. The number of anilines is 1. The number of halogens is 3. The van der Waals surface area contributed by atoms with Gasteiger partial charge in [0.15, 0.2) is 0 Å². The van der Waals surface area contributed by atoms with Crippen LogP contribution in [0.2, 0.25) is 5.02 Å². The molecule has 122 valence electrons. The van der Waals surface area contributed by atoms with E-state index in [0.717, 1.165) is 0 Å². The van der Waals surface area contributed by atoms with Crippen molar-refractivity contribution in [2.24, 2.45) is 0 Å². The zero-order chi connectivity index (χ0) is 17.5. The average Bonchev–Trinajstić information content (AvgIpc) is 2.55. The minimum absolute atomic E-state index is 0.134. The zero-order valence-electron chi connectivity index (χ0n) is 12.2. The smallest absolute Gasteiger partial charge is 0.387 e. The molecule has 4 nitrogen and oxygen atoms in total. The first-order chi connectivity index (χ1) is 11.5. The Labute approximate surface area is 141 Å². The highest BCUT2D eigenvalue weighted by Gasteiger charge is 2.13. The third kappa shape index (κ3) is 4.54. The molecular formula is C17H11ClF2N2O2. The van der Waals surface area contributed by atoms with Crippen LogP contribution < -0.4 is 10.1 Å². The largest absolute Gasteiger partial charge is 0.434 e. The quantitative estimate of drug-likeness (QED) is 0.639. The summed E-state index contributed by atoms with van der Waals surface area (Å²) in [4.78, 5) is 12.2. The summed E-state index contributed by atoms with van der Waals surface area (Å²) in [5, 5.41) is 12.0. The summed E-state index contributed by atoms with van der Waals surface area (Å²) in [6, 6.07) is 14.1. The summed E-state index contributed by atoms with van der Waals surface area (Å²) in [5.74, 6) is -0.844. The third-order valence-corrected chi connectivity index (χ3v) is 3.25. The van der Waals surface area contributed by atoms with E-state index >= 15 is 0 Å². The second-order valence-electron chi connectivity index (χ2n) is 4.52. The van der Waals surface area contributed by atoms with Gasteiger partial charge in [-0.1, -0.05) is 41.9 Å². The molecule has 24 heavy (non-hydrogen) atoms. The lowest BCUT2D eigenvalue weighted by molar-refractivity contribution is -0.112. The van der Waals surface area contributed by atoms with Gasteiger partial charge in [0.2, 0.25) is 0 Å². The highest BCUT2D eigenvalue weighted by atomic mass is 35.5. The average molecular weight is 349 g/mol. The van der Waals surface area contributed by atoms with Crippen LogP contribution in [-0.2, 0) is 4.79 Å². The maximum absolute atomic E-state index is 12.4. The van der Waals surface area contributed by atoms with Gasteiger partial charge in [-0.15, -0.1) is 0 Å². The molecule has 0 fully saturated rings. The molecule has 0 unspecified atom stereocenters. The molecule has 0 heterocycles. The Bertz CT molecular complexity index is 816. The van der Waals surface area contributed by atoms with E-state index in [9.17, 15) is 18.8 Å². The van der Waals surface area contributed by atoms with Crippen LogP contribution in [0.1, 0.15) is 5.56 Å². The first-order valence-electron chi connectivity index (χ1n) is 6.73. The Morgan fingerprint density at radius 2 is 1.88 bits per heavy atom. The second-order valence-corrected chi connectivity index (χ2v) is 4.93. The Kier molecular flexibility index (Phi) is 5.88. The van der Waals surface area contributed by atoms with E-state index in [0.29, 0.717) is 10.7 Å². The Hall–Kier alpha value is -2.91. The van der Waals surface area contributed by atoms with Crippen LogP contribution in [0.15, 0.2) is 54.1 Å². The fourth-order valence-electron chi connectivity index (χ4n) is 1.86. The fourth-order valence-corrected chi connectivity index (χ4v) is 2.04. The molecule has 0 saturated heterocycles. The molecule has 2 rings (SSSR count). The van der Waals surface area contributed by atoms with Gasteiger partial charge >= 0.3 is 6.61 Å². The van der Waals surface area contributed by atoms with Crippen LogP contribution in [0, 0.1) is 11.3 Å². The highest BCUT2D eigenvalue weighted by molar-refractivity contribution is 6.34. The standard InChI is InChI=1S/C17H11ClF2N2O2/c18-13-6-2-3-7-14(13)22-16(23)12(10-21)9-11-5-1-4-8-15(11)24-17(19)20/h1-9,17H,(H,22,23). The van der Waals surface area contributed by atoms with Crippen LogP contribution in [0.3, 0.4) is 0 Å². The number of rotatable bonds is 5. The number of ether oxygens (including phenoxy) is 1. The molecular weight excluding hydrogens is 338 g/mol. The van der Waals surface area contributed by atoms with Crippen molar-refractivity contribution in [3.63, 3.8) is 0 Å². The van der Waals surface area contributed by atoms with Crippen molar-refractivity contribution >= 4 is 29.3 Å². The predicted octanol–water partition coefficient (Wildman–Crippen LogP) is 4.49. The molecule has 7 heteroatoms. The van der Waals surface area contributed by atoms with E-state index in [1.54, 1.807) is 36.4 Å². The van der Waals surface area contributed by atoms with E-state index in [-0.39, 0.29) is 16.9 Å². The molecule has 2 aromatic rings.